The molecule has 0 saturated carbocycles. The minimum absolute atomic E-state index is 0.0244. The first-order valence-corrected chi connectivity index (χ1v) is 5.98. The van der Waals surface area contributed by atoms with E-state index in [9.17, 15) is 4.79 Å². The Morgan fingerprint density at radius 3 is 2.65 bits per heavy atom. The highest BCUT2D eigenvalue weighted by Crippen LogP contribution is 2.22. The van der Waals surface area contributed by atoms with E-state index in [1.807, 2.05) is 30.3 Å². The van der Waals surface area contributed by atoms with Gasteiger partial charge in [-0.15, -0.1) is 0 Å². The van der Waals surface area contributed by atoms with Gasteiger partial charge < -0.3 is 10.2 Å². The minimum Gasteiger partial charge on any atom is -0.344 e. The van der Waals surface area contributed by atoms with Gasteiger partial charge in [-0.3, -0.25) is 4.79 Å². The number of nitrogens with one attached hydrogen (secondary N) is 1. The fraction of sp³-hybridized carbons (Fsp3) is 0.167. The van der Waals surface area contributed by atoms with Gasteiger partial charge >= 0.3 is 0 Å². The molecule has 0 unspecified atom stereocenters. The summed E-state index contributed by atoms with van der Waals surface area (Å²) >= 11 is 1.35. The number of aromatic nitrogens is 1. The summed E-state index contributed by atoms with van der Waals surface area (Å²) in [6, 6.07) is 9.75. The van der Waals surface area contributed by atoms with Crippen LogP contribution in [0.5, 0.6) is 0 Å². The molecule has 0 atom stereocenters. The van der Waals surface area contributed by atoms with Gasteiger partial charge in [0.25, 0.3) is 5.91 Å². The Kier molecular flexibility index (Phi) is 3.39. The summed E-state index contributed by atoms with van der Waals surface area (Å²) in [6.45, 7) is 0. The lowest BCUT2D eigenvalue weighted by Crippen LogP contribution is -2.20. The standard InChI is InChI=1S/C12H13N3OS/c1-15(2)11(16)10-8-13-12(17-10)14-9-6-4-3-5-7-9/h3-8H,1-2H3,(H,13,14). The summed E-state index contributed by atoms with van der Waals surface area (Å²) in [5, 5.41) is 3.88. The fourth-order valence-corrected chi connectivity index (χ4v) is 2.15. The molecular weight excluding hydrogens is 234 g/mol. The van der Waals surface area contributed by atoms with Crippen LogP contribution >= 0.6 is 11.3 Å². The Labute approximate surface area is 104 Å². The number of carbonyl (C=O) groups excluding carboxylic acids is 1. The number of hydrogen-bond acceptors (Lipinski definition) is 4. The lowest BCUT2D eigenvalue weighted by Gasteiger charge is -2.06. The van der Waals surface area contributed by atoms with E-state index in [-0.39, 0.29) is 5.91 Å². The van der Waals surface area contributed by atoms with Crippen molar-refractivity contribution >= 4 is 28.1 Å². The largest absolute Gasteiger partial charge is 0.344 e. The number of amides is 1. The molecule has 2 aromatic rings. The molecule has 1 N–H and O–H groups in total. The maximum atomic E-state index is 11.7. The van der Waals surface area contributed by atoms with Crippen LogP contribution in [0.4, 0.5) is 10.8 Å². The van der Waals surface area contributed by atoms with E-state index in [0.717, 1.165) is 10.8 Å². The van der Waals surface area contributed by atoms with E-state index >= 15 is 0 Å². The summed E-state index contributed by atoms with van der Waals surface area (Å²) in [7, 11) is 3.46. The molecule has 0 saturated heterocycles. The highest BCUT2D eigenvalue weighted by Gasteiger charge is 2.12. The molecule has 0 aliphatic heterocycles. The SMILES string of the molecule is CN(C)C(=O)c1cnc(Nc2ccccc2)s1. The maximum Gasteiger partial charge on any atom is 0.265 e. The van der Waals surface area contributed by atoms with E-state index in [2.05, 4.69) is 10.3 Å². The second-order valence-electron chi connectivity index (χ2n) is 3.72. The molecule has 5 heteroatoms. The van der Waals surface area contributed by atoms with Crippen molar-refractivity contribution in [2.45, 2.75) is 0 Å². The molecule has 1 aromatic heterocycles. The van der Waals surface area contributed by atoms with Crippen LogP contribution in [-0.2, 0) is 0 Å². The quantitative estimate of drug-likeness (QED) is 0.906. The van der Waals surface area contributed by atoms with Gasteiger partial charge in [-0.2, -0.15) is 0 Å². The monoisotopic (exact) mass is 247 g/mol. The van der Waals surface area contributed by atoms with Crippen molar-refractivity contribution in [2.75, 3.05) is 19.4 Å². The van der Waals surface area contributed by atoms with Gasteiger partial charge in [0.15, 0.2) is 5.13 Å². The van der Waals surface area contributed by atoms with Crippen LogP contribution in [0.15, 0.2) is 36.5 Å². The third-order valence-corrected chi connectivity index (χ3v) is 3.05. The van der Waals surface area contributed by atoms with Gasteiger partial charge in [0.2, 0.25) is 0 Å². The van der Waals surface area contributed by atoms with Crippen LogP contribution < -0.4 is 5.32 Å². The molecule has 2 rings (SSSR count). The molecule has 0 spiro atoms. The summed E-state index contributed by atoms with van der Waals surface area (Å²) in [5.41, 5.74) is 0.964. The molecule has 0 aliphatic carbocycles. The molecule has 0 radical (unpaired) electrons. The highest BCUT2D eigenvalue weighted by molar-refractivity contribution is 7.17. The number of hydrogen-bond donors (Lipinski definition) is 1. The molecule has 17 heavy (non-hydrogen) atoms. The van der Waals surface area contributed by atoms with Gasteiger partial charge in [0.05, 0.1) is 6.20 Å². The van der Waals surface area contributed by atoms with Crippen molar-refractivity contribution < 1.29 is 4.79 Å². The summed E-state index contributed by atoms with van der Waals surface area (Å²) in [4.78, 5) is 18.0. The Balaban J connectivity index is 2.12. The molecule has 1 aromatic carbocycles. The number of benzene rings is 1. The second kappa shape index (κ2) is 4.97. The number of anilines is 2. The van der Waals surface area contributed by atoms with Crippen LogP contribution in [0.1, 0.15) is 9.67 Å². The van der Waals surface area contributed by atoms with Gasteiger partial charge in [0.1, 0.15) is 4.88 Å². The van der Waals surface area contributed by atoms with E-state index in [0.29, 0.717) is 4.88 Å². The van der Waals surface area contributed by atoms with Gasteiger partial charge in [-0.1, -0.05) is 29.5 Å². The topological polar surface area (TPSA) is 45.2 Å². The summed E-state index contributed by atoms with van der Waals surface area (Å²) < 4.78 is 0. The van der Waals surface area contributed by atoms with Crippen LogP contribution in [0, 0.1) is 0 Å². The van der Waals surface area contributed by atoms with E-state index in [4.69, 9.17) is 0 Å². The van der Waals surface area contributed by atoms with Crippen molar-refractivity contribution in [1.82, 2.24) is 9.88 Å². The molecular formula is C12H13N3OS. The van der Waals surface area contributed by atoms with Crippen LogP contribution in [0.2, 0.25) is 0 Å². The number of rotatable bonds is 3. The molecule has 88 valence electrons. The lowest BCUT2D eigenvalue weighted by molar-refractivity contribution is 0.0832. The van der Waals surface area contributed by atoms with Crippen molar-refractivity contribution in [1.29, 1.82) is 0 Å². The Hall–Kier alpha value is -1.88. The first-order chi connectivity index (χ1) is 8.16. The maximum absolute atomic E-state index is 11.7. The van der Waals surface area contributed by atoms with Crippen LogP contribution in [0.3, 0.4) is 0 Å². The van der Waals surface area contributed by atoms with Gasteiger partial charge in [-0.05, 0) is 12.1 Å². The van der Waals surface area contributed by atoms with Crippen molar-refractivity contribution in [3.63, 3.8) is 0 Å². The Morgan fingerprint density at radius 1 is 1.29 bits per heavy atom. The average Bonchev–Trinajstić information content (AvgIpc) is 2.77. The average molecular weight is 247 g/mol. The molecule has 0 bridgehead atoms. The lowest BCUT2D eigenvalue weighted by atomic mass is 10.3. The molecule has 1 heterocycles. The minimum atomic E-state index is -0.0244. The smallest absolute Gasteiger partial charge is 0.265 e. The summed E-state index contributed by atoms with van der Waals surface area (Å²) in [6.07, 6.45) is 1.60. The van der Waals surface area contributed by atoms with Crippen LogP contribution in [-0.4, -0.2) is 29.9 Å². The fourth-order valence-electron chi connectivity index (χ4n) is 1.30. The third-order valence-electron chi connectivity index (χ3n) is 2.15. The van der Waals surface area contributed by atoms with Gasteiger partial charge in [-0.25, -0.2) is 4.98 Å². The number of carbonyl (C=O) groups is 1. The predicted octanol–water partition coefficient (Wildman–Crippen LogP) is 2.59. The number of nitrogens with zero attached hydrogens (tertiary/aromatic N) is 2. The van der Waals surface area contributed by atoms with Crippen molar-refractivity contribution in [3.8, 4) is 0 Å². The number of thiazole rings is 1. The Morgan fingerprint density at radius 2 is 2.00 bits per heavy atom. The molecule has 0 aliphatic rings. The Bertz CT molecular complexity index is 507. The molecule has 4 nitrogen and oxygen atoms in total. The van der Waals surface area contributed by atoms with Gasteiger partial charge in [0, 0.05) is 19.8 Å². The van der Waals surface area contributed by atoms with E-state index in [1.165, 1.54) is 11.3 Å². The molecule has 1 amide bonds. The zero-order valence-corrected chi connectivity index (χ0v) is 10.5. The third kappa shape index (κ3) is 2.82. The van der Waals surface area contributed by atoms with Crippen molar-refractivity contribution in [3.05, 3.63) is 41.4 Å². The first-order valence-electron chi connectivity index (χ1n) is 5.16. The summed E-state index contributed by atoms with van der Waals surface area (Å²) in [5.74, 6) is -0.0244. The first kappa shape index (κ1) is 11.6. The number of para-hydroxylation sites is 1. The molecule has 0 fully saturated rings. The van der Waals surface area contributed by atoms with E-state index in [1.54, 1.807) is 25.2 Å². The van der Waals surface area contributed by atoms with E-state index < -0.39 is 0 Å². The zero-order valence-electron chi connectivity index (χ0n) is 9.68. The van der Waals surface area contributed by atoms with Crippen LogP contribution in [0.25, 0.3) is 0 Å². The van der Waals surface area contributed by atoms with Crippen molar-refractivity contribution in [2.24, 2.45) is 0 Å². The second-order valence-corrected chi connectivity index (χ2v) is 4.75. The predicted molar refractivity (Wildman–Crippen MR) is 69.9 cm³/mol. The highest BCUT2D eigenvalue weighted by atomic mass is 32.1. The normalized spacial score (nSPS) is 10.0. The zero-order chi connectivity index (χ0) is 12.3.